The molecule has 0 aliphatic heterocycles. The maximum atomic E-state index is 10.8. The second-order valence-corrected chi connectivity index (χ2v) is 6.71. The number of aryl methyl sites for hydroxylation is 2. The van der Waals surface area contributed by atoms with E-state index in [1.807, 2.05) is 51.1 Å². The first-order valence-electron chi connectivity index (χ1n) is 8.38. The summed E-state index contributed by atoms with van der Waals surface area (Å²) in [6, 6.07) is 9.46. The lowest BCUT2D eigenvalue weighted by molar-refractivity contribution is 0.0601. The van der Waals surface area contributed by atoms with Gasteiger partial charge in [0.15, 0.2) is 5.96 Å². The standard InChI is InChI=1S/C19H26ClN3O2/c1-5-21-18(22-11-15-6-8-16(20)9-7-15)23-12-19(4,24)17-10-13(2)25-14(17)3/h6-10,24H,5,11-12H2,1-4H3,(H2,21,22,23). The molecule has 1 aromatic carbocycles. The zero-order valence-corrected chi connectivity index (χ0v) is 15.9. The zero-order chi connectivity index (χ0) is 18.4. The van der Waals surface area contributed by atoms with Crippen LogP contribution in [0, 0.1) is 13.8 Å². The van der Waals surface area contributed by atoms with Gasteiger partial charge in [-0.3, -0.25) is 0 Å². The highest BCUT2D eigenvalue weighted by atomic mass is 35.5. The topological polar surface area (TPSA) is 69.8 Å². The number of halogens is 1. The first kappa shape index (κ1) is 19.3. The Morgan fingerprint density at radius 3 is 2.48 bits per heavy atom. The third-order valence-corrected chi connectivity index (χ3v) is 4.15. The Morgan fingerprint density at radius 2 is 1.92 bits per heavy atom. The molecule has 5 nitrogen and oxygen atoms in total. The summed E-state index contributed by atoms with van der Waals surface area (Å²) >= 11 is 5.90. The average molecular weight is 364 g/mol. The van der Waals surface area contributed by atoms with E-state index in [2.05, 4.69) is 15.6 Å². The van der Waals surface area contributed by atoms with E-state index < -0.39 is 5.60 Å². The number of rotatable bonds is 6. The van der Waals surface area contributed by atoms with Crippen molar-refractivity contribution < 1.29 is 9.52 Å². The molecule has 0 fully saturated rings. The molecule has 2 aromatic rings. The van der Waals surface area contributed by atoms with E-state index in [-0.39, 0.29) is 0 Å². The fourth-order valence-corrected chi connectivity index (χ4v) is 2.74. The number of aliphatic hydroxyl groups is 1. The third kappa shape index (κ3) is 5.51. The molecule has 1 heterocycles. The lowest BCUT2D eigenvalue weighted by Crippen LogP contribution is -2.44. The van der Waals surface area contributed by atoms with Crippen molar-refractivity contribution in [1.82, 2.24) is 10.6 Å². The molecule has 0 saturated carbocycles. The average Bonchev–Trinajstić information content (AvgIpc) is 2.91. The van der Waals surface area contributed by atoms with Crippen molar-refractivity contribution in [3.63, 3.8) is 0 Å². The molecule has 3 N–H and O–H groups in total. The third-order valence-electron chi connectivity index (χ3n) is 3.90. The van der Waals surface area contributed by atoms with Gasteiger partial charge in [0.2, 0.25) is 0 Å². The van der Waals surface area contributed by atoms with E-state index in [4.69, 9.17) is 16.0 Å². The van der Waals surface area contributed by atoms with E-state index in [9.17, 15) is 5.11 Å². The monoisotopic (exact) mass is 363 g/mol. The Kier molecular flexibility index (Phi) is 6.51. The van der Waals surface area contributed by atoms with Crippen LogP contribution < -0.4 is 10.6 Å². The largest absolute Gasteiger partial charge is 0.466 e. The number of nitrogens with one attached hydrogen (secondary N) is 2. The Hall–Kier alpha value is -1.98. The predicted octanol–water partition coefficient (Wildman–Crippen LogP) is 3.51. The van der Waals surface area contributed by atoms with Crippen molar-refractivity contribution in [2.45, 2.75) is 39.8 Å². The van der Waals surface area contributed by atoms with E-state index in [1.165, 1.54) is 0 Å². The van der Waals surface area contributed by atoms with Crippen LogP contribution in [0.15, 0.2) is 39.7 Å². The Balaban J connectivity index is 2.04. The second-order valence-electron chi connectivity index (χ2n) is 6.28. The van der Waals surface area contributed by atoms with Crippen molar-refractivity contribution in [3.8, 4) is 0 Å². The van der Waals surface area contributed by atoms with Crippen LogP contribution in [0.25, 0.3) is 0 Å². The number of nitrogens with zero attached hydrogens (tertiary/aromatic N) is 1. The van der Waals surface area contributed by atoms with Gasteiger partial charge in [-0.2, -0.15) is 0 Å². The Morgan fingerprint density at radius 1 is 1.24 bits per heavy atom. The minimum absolute atomic E-state index is 0.319. The molecular weight excluding hydrogens is 338 g/mol. The quantitative estimate of drug-likeness (QED) is 0.542. The normalized spacial score (nSPS) is 14.2. The van der Waals surface area contributed by atoms with Gasteiger partial charge in [0.25, 0.3) is 0 Å². The molecule has 2 rings (SSSR count). The summed E-state index contributed by atoms with van der Waals surface area (Å²) in [7, 11) is 0. The summed E-state index contributed by atoms with van der Waals surface area (Å²) in [6.45, 7) is 9.08. The molecule has 136 valence electrons. The minimum Gasteiger partial charge on any atom is -0.466 e. The summed E-state index contributed by atoms with van der Waals surface area (Å²) in [5.74, 6) is 2.17. The smallest absolute Gasteiger partial charge is 0.191 e. The van der Waals surface area contributed by atoms with E-state index in [1.54, 1.807) is 6.92 Å². The molecule has 0 aliphatic carbocycles. The van der Waals surface area contributed by atoms with Crippen LogP contribution >= 0.6 is 11.6 Å². The van der Waals surface area contributed by atoms with Gasteiger partial charge >= 0.3 is 0 Å². The maximum Gasteiger partial charge on any atom is 0.191 e. The summed E-state index contributed by atoms with van der Waals surface area (Å²) in [4.78, 5) is 4.55. The highest BCUT2D eigenvalue weighted by molar-refractivity contribution is 6.30. The number of hydrogen-bond donors (Lipinski definition) is 3. The van der Waals surface area contributed by atoms with Gasteiger partial charge in [0, 0.05) is 17.1 Å². The van der Waals surface area contributed by atoms with Crippen molar-refractivity contribution in [2.24, 2.45) is 4.99 Å². The van der Waals surface area contributed by atoms with Crippen molar-refractivity contribution in [2.75, 3.05) is 13.1 Å². The zero-order valence-electron chi connectivity index (χ0n) is 15.2. The van der Waals surface area contributed by atoms with Crippen LogP contribution in [-0.4, -0.2) is 24.2 Å². The summed E-state index contributed by atoms with van der Waals surface area (Å²) in [5.41, 5.74) is 0.791. The number of hydrogen-bond acceptors (Lipinski definition) is 3. The van der Waals surface area contributed by atoms with Crippen molar-refractivity contribution in [1.29, 1.82) is 0 Å². The highest BCUT2D eigenvalue weighted by Gasteiger charge is 2.27. The van der Waals surface area contributed by atoms with E-state index >= 15 is 0 Å². The van der Waals surface area contributed by atoms with Crippen molar-refractivity contribution in [3.05, 3.63) is 58.0 Å². The maximum absolute atomic E-state index is 10.8. The van der Waals surface area contributed by atoms with Crippen LogP contribution in [0.5, 0.6) is 0 Å². The Labute approximate surface area is 154 Å². The molecule has 1 unspecified atom stereocenters. The van der Waals surface area contributed by atoms with Gasteiger partial charge in [0.05, 0.1) is 13.1 Å². The highest BCUT2D eigenvalue weighted by Crippen LogP contribution is 2.26. The summed E-state index contributed by atoms with van der Waals surface area (Å²) in [5, 5.41) is 17.9. The molecule has 0 radical (unpaired) electrons. The molecule has 1 atom stereocenters. The van der Waals surface area contributed by atoms with Crippen LogP contribution in [0.1, 0.15) is 36.5 Å². The van der Waals surface area contributed by atoms with Gasteiger partial charge in [-0.1, -0.05) is 23.7 Å². The molecule has 25 heavy (non-hydrogen) atoms. The SMILES string of the molecule is CCNC(=NCc1ccc(Cl)cc1)NCC(C)(O)c1cc(C)oc1C. The van der Waals surface area contributed by atoms with Crippen LogP contribution in [0.3, 0.4) is 0 Å². The second kappa shape index (κ2) is 8.41. The molecule has 6 heteroatoms. The molecule has 0 spiro atoms. The first-order valence-corrected chi connectivity index (χ1v) is 8.76. The van der Waals surface area contributed by atoms with E-state index in [0.29, 0.717) is 24.1 Å². The predicted molar refractivity (Wildman–Crippen MR) is 102 cm³/mol. The summed E-state index contributed by atoms with van der Waals surface area (Å²) < 4.78 is 5.53. The Bertz CT molecular complexity index is 721. The molecule has 0 bridgehead atoms. The molecule has 0 amide bonds. The van der Waals surface area contributed by atoms with Gasteiger partial charge in [-0.15, -0.1) is 0 Å². The number of aliphatic imine (C=N–C) groups is 1. The van der Waals surface area contributed by atoms with Crippen molar-refractivity contribution >= 4 is 17.6 Å². The van der Waals surface area contributed by atoms with Crippen LogP contribution in [0.2, 0.25) is 5.02 Å². The minimum atomic E-state index is -1.06. The van der Waals surface area contributed by atoms with Crippen LogP contribution in [-0.2, 0) is 12.1 Å². The van der Waals surface area contributed by atoms with Gasteiger partial charge in [-0.25, -0.2) is 4.99 Å². The van der Waals surface area contributed by atoms with Gasteiger partial charge in [0.1, 0.15) is 17.1 Å². The molecule has 1 aromatic heterocycles. The molecule has 0 aliphatic rings. The lowest BCUT2D eigenvalue weighted by atomic mass is 9.96. The first-order chi connectivity index (χ1) is 11.8. The summed E-state index contributed by atoms with van der Waals surface area (Å²) in [6.07, 6.45) is 0. The fraction of sp³-hybridized carbons (Fsp3) is 0.421. The molecular formula is C19H26ClN3O2. The lowest BCUT2D eigenvalue weighted by Gasteiger charge is -2.24. The fourth-order valence-electron chi connectivity index (χ4n) is 2.62. The number of benzene rings is 1. The number of furan rings is 1. The van der Waals surface area contributed by atoms with E-state index in [0.717, 1.165) is 29.2 Å². The van der Waals surface area contributed by atoms with Gasteiger partial charge in [-0.05, 0) is 51.5 Å². The molecule has 0 saturated heterocycles. The number of guanidine groups is 1. The van der Waals surface area contributed by atoms with Crippen LogP contribution in [0.4, 0.5) is 0 Å². The van der Waals surface area contributed by atoms with Gasteiger partial charge < -0.3 is 20.2 Å².